The summed E-state index contributed by atoms with van der Waals surface area (Å²) in [5, 5.41) is 0.825. The van der Waals surface area contributed by atoms with E-state index >= 15 is 0 Å². The van der Waals surface area contributed by atoms with Gasteiger partial charge in [-0.15, -0.1) is 0 Å². The monoisotopic (exact) mass is 260 g/mol. The van der Waals surface area contributed by atoms with Crippen LogP contribution in [0.2, 0.25) is 10.0 Å². The number of benzene rings is 1. The Labute approximate surface area is 106 Å². The number of hydrogen-bond donors (Lipinski definition) is 0. The largest absolute Gasteiger partial charge is 0.462 e. The minimum atomic E-state index is -0.401. The van der Waals surface area contributed by atoms with Crippen LogP contribution in [0.1, 0.15) is 30.6 Å². The van der Waals surface area contributed by atoms with Crippen molar-refractivity contribution in [1.82, 2.24) is 0 Å². The zero-order valence-electron chi connectivity index (χ0n) is 9.30. The van der Waals surface area contributed by atoms with Crippen molar-refractivity contribution in [3.8, 4) is 0 Å². The Balaban J connectivity index is 2.59. The van der Waals surface area contributed by atoms with Gasteiger partial charge in [0.05, 0.1) is 17.2 Å². The molecular formula is C12H14Cl2O2. The van der Waals surface area contributed by atoms with Gasteiger partial charge in [-0.3, -0.25) is 0 Å². The molecule has 0 unspecified atom stereocenters. The number of rotatable bonds is 4. The third-order valence-corrected chi connectivity index (χ3v) is 2.63. The molecule has 4 heteroatoms. The molecule has 1 aromatic rings. The Morgan fingerprint density at radius 2 is 2.06 bits per heavy atom. The maximum absolute atomic E-state index is 11.6. The number of halogens is 2. The van der Waals surface area contributed by atoms with Crippen LogP contribution >= 0.6 is 23.2 Å². The molecule has 0 spiro atoms. The van der Waals surface area contributed by atoms with Gasteiger partial charge in [0.15, 0.2) is 0 Å². The first-order chi connectivity index (χ1) is 7.50. The minimum absolute atomic E-state index is 0.321. The predicted octanol–water partition coefficient (Wildman–Crippen LogP) is 4.20. The molecule has 1 aromatic carbocycles. The molecule has 0 amide bonds. The average molecular weight is 261 g/mol. The van der Waals surface area contributed by atoms with Gasteiger partial charge in [-0.05, 0) is 30.5 Å². The molecule has 0 aliphatic heterocycles. The van der Waals surface area contributed by atoms with Crippen LogP contribution in [-0.4, -0.2) is 12.6 Å². The molecule has 0 aliphatic carbocycles. The molecule has 1 rings (SSSR count). The van der Waals surface area contributed by atoms with Crippen molar-refractivity contribution in [1.29, 1.82) is 0 Å². The van der Waals surface area contributed by atoms with Gasteiger partial charge in [0.1, 0.15) is 0 Å². The van der Waals surface area contributed by atoms with E-state index in [1.165, 1.54) is 6.07 Å². The number of carbonyl (C=O) groups is 1. The summed E-state index contributed by atoms with van der Waals surface area (Å²) in [7, 11) is 0. The van der Waals surface area contributed by atoms with E-state index in [0.717, 1.165) is 6.42 Å². The summed E-state index contributed by atoms with van der Waals surface area (Å²) >= 11 is 11.6. The third-order valence-electron chi connectivity index (χ3n) is 2.08. The standard InChI is InChI=1S/C12H14Cl2O2/c1-8(2)5-6-16-12(15)10-4-3-9(13)7-11(10)14/h3-4,7-8H,5-6H2,1-2H3. The lowest BCUT2D eigenvalue weighted by atomic mass is 10.1. The zero-order chi connectivity index (χ0) is 12.1. The second kappa shape index (κ2) is 6.12. The van der Waals surface area contributed by atoms with E-state index in [9.17, 15) is 4.79 Å². The first-order valence-corrected chi connectivity index (χ1v) is 5.88. The van der Waals surface area contributed by atoms with Crippen LogP contribution in [0.15, 0.2) is 18.2 Å². The minimum Gasteiger partial charge on any atom is -0.462 e. The van der Waals surface area contributed by atoms with Crippen molar-refractivity contribution >= 4 is 29.2 Å². The van der Waals surface area contributed by atoms with Gasteiger partial charge in [0, 0.05) is 5.02 Å². The molecular weight excluding hydrogens is 247 g/mol. The lowest BCUT2D eigenvalue weighted by molar-refractivity contribution is 0.0488. The lowest BCUT2D eigenvalue weighted by Crippen LogP contribution is -2.08. The Morgan fingerprint density at radius 3 is 2.62 bits per heavy atom. The summed E-state index contributed by atoms with van der Waals surface area (Å²) in [6.45, 7) is 4.56. The number of hydrogen-bond acceptors (Lipinski definition) is 2. The highest BCUT2D eigenvalue weighted by Gasteiger charge is 2.11. The van der Waals surface area contributed by atoms with Crippen LogP contribution in [0.4, 0.5) is 0 Å². The average Bonchev–Trinajstić information content (AvgIpc) is 2.16. The van der Waals surface area contributed by atoms with Crippen molar-refractivity contribution in [2.45, 2.75) is 20.3 Å². The number of carbonyl (C=O) groups excluding carboxylic acids is 1. The fourth-order valence-corrected chi connectivity index (χ4v) is 1.61. The summed E-state index contributed by atoms with van der Waals surface area (Å²) in [4.78, 5) is 11.6. The predicted molar refractivity (Wildman–Crippen MR) is 66.2 cm³/mol. The Morgan fingerprint density at radius 1 is 1.38 bits per heavy atom. The highest BCUT2D eigenvalue weighted by Crippen LogP contribution is 2.21. The maximum Gasteiger partial charge on any atom is 0.339 e. The van der Waals surface area contributed by atoms with Crippen LogP contribution in [-0.2, 0) is 4.74 Å². The molecule has 0 heterocycles. The lowest BCUT2D eigenvalue weighted by Gasteiger charge is -2.07. The van der Waals surface area contributed by atoms with E-state index < -0.39 is 5.97 Å². The third kappa shape index (κ3) is 4.03. The van der Waals surface area contributed by atoms with Crippen LogP contribution in [0.5, 0.6) is 0 Å². The van der Waals surface area contributed by atoms with Gasteiger partial charge < -0.3 is 4.74 Å². The molecule has 0 N–H and O–H groups in total. The van der Waals surface area contributed by atoms with Gasteiger partial charge >= 0.3 is 5.97 Å². The highest BCUT2D eigenvalue weighted by molar-refractivity contribution is 6.36. The van der Waals surface area contributed by atoms with Gasteiger partial charge in [-0.25, -0.2) is 4.79 Å². The molecule has 2 nitrogen and oxygen atoms in total. The van der Waals surface area contributed by atoms with E-state index in [1.54, 1.807) is 12.1 Å². The van der Waals surface area contributed by atoms with E-state index in [4.69, 9.17) is 27.9 Å². The normalized spacial score (nSPS) is 10.6. The molecule has 0 radical (unpaired) electrons. The highest BCUT2D eigenvalue weighted by atomic mass is 35.5. The first kappa shape index (κ1) is 13.3. The van der Waals surface area contributed by atoms with E-state index in [1.807, 2.05) is 0 Å². The van der Waals surface area contributed by atoms with Gasteiger partial charge in [-0.1, -0.05) is 37.0 Å². The van der Waals surface area contributed by atoms with Crippen LogP contribution < -0.4 is 0 Å². The van der Waals surface area contributed by atoms with E-state index in [0.29, 0.717) is 28.1 Å². The van der Waals surface area contributed by atoms with Crippen molar-refractivity contribution in [2.24, 2.45) is 5.92 Å². The van der Waals surface area contributed by atoms with Crippen LogP contribution in [0, 0.1) is 5.92 Å². The fourth-order valence-electron chi connectivity index (χ4n) is 1.12. The molecule has 0 aliphatic rings. The molecule has 0 saturated heterocycles. The smallest absolute Gasteiger partial charge is 0.339 e. The maximum atomic E-state index is 11.6. The summed E-state index contributed by atoms with van der Waals surface area (Å²) in [6.07, 6.45) is 0.844. The molecule has 16 heavy (non-hydrogen) atoms. The number of ether oxygens (including phenoxy) is 1. The van der Waals surface area contributed by atoms with E-state index in [2.05, 4.69) is 13.8 Å². The Hall–Kier alpha value is -0.730. The Kier molecular flexibility index (Phi) is 5.10. The summed E-state index contributed by atoms with van der Waals surface area (Å²) in [5.74, 6) is 0.107. The molecule has 0 atom stereocenters. The molecule has 0 bridgehead atoms. The molecule has 0 aromatic heterocycles. The van der Waals surface area contributed by atoms with Crippen LogP contribution in [0.25, 0.3) is 0 Å². The van der Waals surface area contributed by atoms with Crippen molar-refractivity contribution < 1.29 is 9.53 Å². The summed E-state index contributed by atoms with van der Waals surface area (Å²) in [6, 6.07) is 4.72. The van der Waals surface area contributed by atoms with Crippen molar-refractivity contribution in [3.05, 3.63) is 33.8 Å². The SMILES string of the molecule is CC(C)CCOC(=O)c1ccc(Cl)cc1Cl. The summed E-state index contributed by atoms with van der Waals surface area (Å²) in [5.41, 5.74) is 0.356. The summed E-state index contributed by atoms with van der Waals surface area (Å²) < 4.78 is 5.09. The van der Waals surface area contributed by atoms with Crippen molar-refractivity contribution in [2.75, 3.05) is 6.61 Å². The van der Waals surface area contributed by atoms with E-state index in [-0.39, 0.29) is 0 Å². The molecule has 0 fully saturated rings. The zero-order valence-corrected chi connectivity index (χ0v) is 10.8. The Bertz CT molecular complexity index is 375. The second-order valence-electron chi connectivity index (χ2n) is 3.94. The molecule has 0 saturated carbocycles. The quantitative estimate of drug-likeness (QED) is 0.759. The first-order valence-electron chi connectivity index (χ1n) is 5.13. The van der Waals surface area contributed by atoms with Gasteiger partial charge in [-0.2, -0.15) is 0 Å². The van der Waals surface area contributed by atoms with Gasteiger partial charge in [0.2, 0.25) is 0 Å². The van der Waals surface area contributed by atoms with Crippen LogP contribution in [0.3, 0.4) is 0 Å². The topological polar surface area (TPSA) is 26.3 Å². The molecule has 88 valence electrons. The van der Waals surface area contributed by atoms with Crippen molar-refractivity contribution in [3.63, 3.8) is 0 Å². The second-order valence-corrected chi connectivity index (χ2v) is 4.79. The fraction of sp³-hybridized carbons (Fsp3) is 0.417. The van der Waals surface area contributed by atoms with Gasteiger partial charge in [0.25, 0.3) is 0 Å². The number of esters is 1.